The molecule has 0 bridgehead atoms. The van der Waals surface area contributed by atoms with Gasteiger partial charge < -0.3 is 5.32 Å². The molecule has 4 rings (SSSR count). The smallest absolute Gasteiger partial charge is 0.278 e. The Morgan fingerprint density at radius 3 is 2.76 bits per heavy atom. The Morgan fingerprint density at radius 2 is 1.88 bits per heavy atom. The summed E-state index contributed by atoms with van der Waals surface area (Å²) in [4.78, 5) is 19.3. The first kappa shape index (κ1) is 15.0. The second-order valence-corrected chi connectivity index (χ2v) is 5.66. The molecule has 0 unspecified atom stereocenters. The lowest BCUT2D eigenvalue weighted by molar-refractivity contribution is -0.383. The van der Waals surface area contributed by atoms with Crippen molar-refractivity contribution >= 4 is 33.1 Å². The van der Waals surface area contributed by atoms with Crippen LogP contribution in [0.4, 0.5) is 11.4 Å². The number of rotatable bonds is 4. The van der Waals surface area contributed by atoms with E-state index in [0.29, 0.717) is 11.9 Å². The van der Waals surface area contributed by atoms with Crippen LogP contribution in [0.15, 0.2) is 67.1 Å². The molecule has 4 aromatic rings. The molecule has 0 aliphatic rings. The number of benzene rings is 2. The van der Waals surface area contributed by atoms with Crippen LogP contribution in [0.2, 0.25) is 0 Å². The molecule has 6 nitrogen and oxygen atoms in total. The maximum atomic E-state index is 11.2. The lowest BCUT2D eigenvalue weighted by atomic mass is 10.1. The number of fused-ring (bicyclic) bond motifs is 2. The van der Waals surface area contributed by atoms with Crippen LogP contribution in [-0.2, 0) is 6.54 Å². The third-order valence-electron chi connectivity index (χ3n) is 4.18. The van der Waals surface area contributed by atoms with E-state index in [1.165, 1.54) is 12.3 Å². The SMILES string of the molecule is O=[N+]([O-])c1ccc(NCc2cccc3cccnc23)c2ccncc12. The van der Waals surface area contributed by atoms with Gasteiger partial charge in [-0.25, -0.2) is 0 Å². The molecule has 6 heteroatoms. The Hall–Kier alpha value is -3.54. The van der Waals surface area contributed by atoms with Gasteiger partial charge in [-0.2, -0.15) is 0 Å². The first-order chi connectivity index (χ1) is 12.2. The molecule has 0 aliphatic heterocycles. The van der Waals surface area contributed by atoms with Gasteiger partial charge >= 0.3 is 0 Å². The van der Waals surface area contributed by atoms with Gasteiger partial charge in [-0.3, -0.25) is 20.1 Å². The lowest BCUT2D eigenvalue weighted by Crippen LogP contribution is -2.02. The van der Waals surface area contributed by atoms with Crippen LogP contribution < -0.4 is 5.32 Å². The van der Waals surface area contributed by atoms with Gasteiger partial charge in [0.1, 0.15) is 0 Å². The number of nitro benzene ring substituents is 1. The molecule has 2 heterocycles. The standard InChI is InChI=1S/C19H14N4O2/c24-23(25)18-7-6-17(15-8-10-20-12-16(15)18)22-11-14-4-1-3-13-5-2-9-21-19(13)14/h1-10,12,22H,11H2. The molecule has 122 valence electrons. The fourth-order valence-corrected chi connectivity index (χ4v) is 2.99. The summed E-state index contributed by atoms with van der Waals surface area (Å²) in [7, 11) is 0. The molecule has 0 spiro atoms. The number of para-hydroxylation sites is 1. The first-order valence-corrected chi connectivity index (χ1v) is 7.81. The third-order valence-corrected chi connectivity index (χ3v) is 4.18. The quantitative estimate of drug-likeness (QED) is 0.445. The summed E-state index contributed by atoms with van der Waals surface area (Å²) in [6, 6.07) is 15.0. The fourth-order valence-electron chi connectivity index (χ4n) is 2.99. The molecular weight excluding hydrogens is 316 g/mol. The van der Waals surface area contributed by atoms with Gasteiger partial charge in [0.2, 0.25) is 0 Å². The van der Waals surface area contributed by atoms with Gasteiger partial charge in [0.15, 0.2) is 0 Å². The van der Waals surface area contributed by atoms with Gasteiger partial charge in [-0.1, -0.05) is 24.3 Å². The summed E-state index contributed by atoms with van der Waals surface area (Å²) in [5.74, 6) is 0. The number of hydrogen-bond acceptors (Lipinski definition) is 5. The molecule has 2 aromatic carbocycles. The Labute approximate surface area is 143 Å². The number of pyridine rings is 2. The molecule has 0 fully saturated rings. The van der Waals surface area contributed by atoms with Crippen molar-refractivity contribution in [2.24, 2.45) is 0 Å². The summed E-state index contributed by atoms with van der Waals surface area (Å²) in [6.45, 7) is 0.573. The number of nitrogens with one attached hydrogen (secondary N) is 1. The Kier molecular flexibility index (Phi) is 3.70. The van der Waals surface area contributed by atoms with Crippen LogP contribution in [0.25, 0.3) is 21.7 Å². The van der Waals surface area contributed by atoms with E-state index in [9.17, 15) is 10.1 Å². The van der Waals surface area contributed by atoms with Gasteiger partial charge in [-0.15, -0.1) is 0 Å². The second kappa shape index (κ2) is 6.16. The molecule has 0 saturated heterocycles. The minimum Gasteiger partial charge on any atom is -0.380 e. The topological polar surface area (TPSA) is 81.0 Å². The van der Waals surface area contributed by atoms with Gasteiger partial charge in [0.05, 0.1) is 15.8 Å². The summed E-state index contributed by atoms with van der Waals surface area (Å²) >= 11 is 0. The number of nitro groups is 1. The van der Waals surface area contributed by atoms with Gasteiger partial charge in [0, 0.05) is 47.7 Å². The van der Waals surface area contributed by atoms with Crippen LogP contribution in [0, 0.1) is 10.1 Å². The monoisotopic (exact) mass is 330 g/mol. The molecule has 0 aliphatic carbocycles. The lowest BCUT2D eigenvalue weighted by Gasteiger charge is -2.11. The molecule has 0 saturated carbocycles. The van der Waals surface area contributed by atoms with Crippen molar-refractivity contribution in [2.75, 3.05) is 5.32 Å². The zero-order valence-corrected chi connectivity index (χ0v) is 13.2. The van der Waals surface area contributed by atoms with Gasteiger partial charge in [0.25, 0.3) is 5.69 Å². The number of aromatic nitrogens is 2. The van der Waals surface area contributed by atoms with E-state index in [4.69, 9.17) is 0 Å². The normalized spacial score (nSPS) is 10.9. The first-order valence-electron chi connectivity index (χ1n) is 7.81. The van der Waals surface area contributed by atoms with E-state index in [0.717, 1.165) is 27.5 Å². The van der Waals surface area contributed by atoms with Crippen molar-refractivity contribution in [2.45, 2.75) is 6.54 Å². The van der Waals surface area contributed by atoms with Crippen molar-refractivity contribution in [3.05, 3.63) is 82.8 Å². The minimum atomic E-state index is -0.386. The summed E-state index contributed by atoms with van der Waals surface area (Å²) in [5.41, 5.74) is 2.90. The predicted octanol–water partition coefficient (Wildman–Crippen LogP) is 4.30. The molecular formula is C19H14N4O2. The van der Waals surface area contributed by atoms with E-state index >= 15 is 0 Å². The van der Waals surface area contributed by atoms with E-state index in [2.05, 4.69) is 15.3 Å². The average molecular weight is 330 g/mol. The summed E-state index contributed by atoms with van der Waals surface area (Å²) < 4.78 is 0. The Balaban J connectivity index is 1.72. The van der Waals surface area contributed by atoms with Gasteiger partial charge in [-0.05, 0) is 23.8 Å². The van der Waals surface area contributed by atoms with Crippen LogP contribution in [0.5, 0.6) is 0 Å². The number of hydrogen-bond donors (Lipinski definition) is 1. The molecule has 0 amide bonds. The van der Waals surface area contributed by atoms with Crippen molar-refractivity contribution < 1.29 is 4.92 Å². The van der Waals surface area contributed by atoms with Crippen molar-refractivity contribution in [1.29, 1.82) is 0 Å². The molecule has 0 radical (unpaired) electrons. The minimum absolute atomic E-state index is 0.0560. The van der Waals surface area contributed by atoms with Crippen molar-refractivity contribution in [1.82, 2.24) is 9.97 Å². The summed E-state index contributed by atoms with van der Waals surface area (Å²) in [5, 5.41) is 17.0. The van der Waals surface area contributed by atoms with Crippen molar-refractivity contribution in [3.8, 4) is 0 Å². The van der Waals surface area contributed by atoms with Crippen LogP contribution in [0.3, 0.4) is 0 Å². The highest BCUT2D eigenvalue weighted by atomic mass is 16.6. The highest BCUT2D eigenvalue weighted by molar-refractivity contribution is 5.99. The van der Waals surface area contributed by atoms with Crippen LogP contribution in [0.1, 0.15) is 5.56 Å². The molecule has 0 atom stereocenters. The maximum Gasteiger partial charge on any atom is 0.278 e. The Morgan fingerprint density at radius 1 is 1.00 bits per heavy atom. The molecule has 1 N–H and O–H groups in total. The largest absolute Gasteiger partial charge is 0.380 e. The third kappa shape index (κ3) is 2.74. The number of nitrogens with zero attached hydrogens (tertiary/aromatic N) is 3. The van der Waals surface area contributed by atoms with Crippen LogP contribution in [-0.4, -0.2) is 14.9 Å². The van der Waals surface area contributed by atoms with E-state index in [1.807, 2.05) is 30.3 Å². The highest BCUT2D eigenvalue weighted by Crippen LogP contribution is 2.31. The Bertz CT molecular complexity index is 1090. The molecule has 2 aromatic heterocycles. The predicted molar refractivity (Wildman–Crippen MR) is 97.5 cm³/mol. The molecule has 25 heavy (non-hydrogen) atoms. The van der Waals surface area contributed by atoms with E-state index < -0.39 is 0 Å². The van der Waals surface area contributed by atoms with E-state index in [-0.39, 0.29) is 10.6 Å². The second-order valence-electron chi connectivity index (χ2n) is 5.66. The van der Waals surface area contributed by atoms with Crippen molar-refractivity contribution in [3.63, 3.8) is 0 Å². The van der Waals surface area contributed by atoms with E-state index in [1.54, 1.807) is 24.5 Å². The maximum absolute atomic E-state index is 11.2. The fraction of sp³-hybridized carbons (Fsp3) is 0.0526. The zero-order valence-electron chi connectivity index (χ0n) is 13.2. The average Bonchev–Trinajstić information content (AvgIpc) is 2.65. The summed E-state index contributed by atoms with van der Waals surface area (Å²) in [6.07, 6.45) is 4.94. The zero-order chi connectivity index (χ0) is 17.2. The van der Waals surface area contributed by atoms with Crippen LogP contribution >= 0.6 is 0 Å². The number of non-ortho nitro benzene ring substituents is 1. The number of anilines is 1. The highest BCUT2D eigenvalue weighted by Gasteiger charge is 2.14.